The molecule has 4 rings (SSSR count). The topological polar surface area (TPSA) is 93.4 Å². The Morgan fingerprint density at radius 3 is 2.81 bits per heavy atom. The number of hydrogen-bond donors (Lipinski definition) is 3. The molecule has 1 aliphatic carbocycles. The smallest absolute Gasteiger partial charge is 0.271 e. The molecule has 1 amide bonds. The van der Waals surface area contributed by atoms with Crippen LogP contribution in [0.2, 0.25) is 0 Å². The second-order valence-electron chi connectivity index (χ2n) is 8.24. The Morgan fingerprint density at radius 1 is 1.29 bits per heavy atom. The molecule has 3 heterocycles. The van der Waals surface area contributed by atoms with Crippen LogP contribution in [0.1, 0.15) is 12.8 Å². The third-order valence-electron chi connectivity index (χ3n) is 5.89. The Morgan fingerprint density at radius 2 is 2.10 bits per heavy atom. The van der Waals surface area contributed by atoms with E-state index in [1.54, 1.807) is 18.5 Å². The van der Waals surface area contributed by atoms with E-state index in [1.165, 1.54) is 12.8 Å². The number of pyridine rings is 2. The predicted molar refractivity (Wildman–Crippen MR) is 123 cm³/mol. The molecule has 0 unspecified atom stereocenters. The third kappa shape index (κ3) is 4.96. The zero-order chi connectivity index (χ0) is 21.8. The lowest BCUT2D eigenvalue weighted by Gasteiger charge is -2.46. The number of carbonyl (C=O) groups excluding carboxylic acids is 1. The van der Waals surface area contributed by atoms with Gasteiger partial charge in [0.15, 0.2) is 0 Å². The van der Waals surface area contributed by atoms with Crippen molar-refractivity contribution >= 4 is 17.4 Å². The van der Waals surface area contributed by atoms with E-state index < -0.39 is 0 Å². The number of carbonyl (C=O) groups is 1. The van der Waals surface area contributed by atoms with Gasteiger partial charge in [0, 0.05) is 57.3 Å². The summed E-state index contributed by atoms with van der Waals surface area (Å²) in [4.78, 5) is 36.3. The molecule has 2 fully saturated rings. The summed E-state index contributed by atoms with van der Waals surface area (Å²) in [6.45, 7) is 2.80. The highest BCUT2D eigenvalue weighted by molar-refractivity contribution is 5.88. The standard InChI is InChI=1S/C23H30N6O2/c1-24-8-3-4-22(30)28-14-19(15-28)29(13-16-5-6-16)20-10-18(12-27-23(20)31)17-7-9-26-21(11-17)25-2/h3-4,7,9-12,16,19,24H,5-6,8,13-15H2,1-2H3,(H,25,26)(H,27,31)/b4-3+. The minimum absolute atomic E-state index is 0.0249. The number of nitrogens with zero attached hydrogens (tertiary/aromatic N) is 3. The molecule has 2 aliphatic rings. The summed E-state index contributed by atoms with van der Waals surface area (Å²) >= 11 is 0. The lowest BCUT2D eigenvalue weighted by Crippen LogP contribution is -2.62. The summed E-state index contributed by atoms with van der Waals surface area (Å²) in [5.74, 6) is 1.43. The molecule has 1 aliphatic heterocycles. The average molecular weight is 423 g/mol. The van der Waals surface area contributed by atoms with Gasteiger partial charge in [-0.3, -0.25) is 9.59 Å². The zero-order valence-corrected chi connectivity index (χ0v) is 18.1. The molecule has 0 atom stereocenters. The van der Waals surface area contributed by atoms with Crippen LogP contribution in [0, 0.1) is 5.92 Å². The largest absolute Gasteiger partial charge is 0.373 e. The number of aromatic nitrogens is 2. The van der Waals surface area contributed by atoms with Gasteiger partial charge in [0.25, 0.3) is 5.56 Å². The Kier molecular flexibility index (Phi) is 6.36. The highest BCUT2D eigenvalue weighted by Crippen LogP contribution is 2.34. The summed E-state index contributed by atoms with van der Waals surface area (Å²) < 4.78 is 0. The summed E-state index contributed by atoms with van der Waals surface area (Å²) in [5, 5.41) is 6.05. The van der Waals surface area contributed by atoms with Crippen molar-refractivity contribution in [2.24, 2.45) is 5.92 Å². The van der Waals surface area contributed by atoms with Gasteiger partial charge in [-0.15, -0.1) is 0 Å². The maximum absolute atomic E-state index is 12.8. The minimum atomic E-state index is -0.0917. The summed E-state index contributed by atoms with van der Waals surface area (Å²) in [7, 11) is 3.68. The quantitative estimate of drug-likeness (QED) is 0.533. The fourth-order valence-corrected chi connectivity index (χ4v) is 3.84. The molecule has 1 saturated carbocycles. The maximum Gasteiger partial charge on any atom is 0.271 e. The highest BCUT2D eigenvalue weighted by atomic mass is 16.2. The molecule has 2 aromatic rings. The van der Waals surface area contributed by atoms with Crippen molar-refractivity contribution in [1.29, 1.82) is 0 Å². The van der Waals surface area contributed by atoms with E-state index >= 15 is 0 Å². The number of rotatable bonds is 9. The first kappa shape index (κ1) is 21.1. The van der Waals surface area contributed by atoms with Crippen molar-refractivity contribution in [3.05, 3.63) is 53.1 Å². The Balaban J connectivity index is 1.54. The maximum atomic E-state index is 12.8. The first-order valence-electron chi connectivity index (χ1n) is 10.8. The van der Waals surface area contributed by atoms with Crippen LogP contribution < -0.4 is 21.1 Å². The van der Waals surface area contributed by atoms with Gasteiger partial charge in [-0.25, -0.2) is 4.98 Å². The van der Waals surface area contributed by atoms with Gasteiger partial charge in [-0.05, 0) is 49.6 Å². The normalized spacial score (nSPS) is 16.4. The van der Waals surface area contributed by atoms with Crippen molar-refractivity contribution in [1.82, 2.24) is 20.2 Å². The van der Waals surface area contributed by atoms with Gasteiger partial charge in [0.05, 0.1) is 6.04 Å². The number of H-pyrrole nitrogens is 1. The van der Waals surface area contributed by atoms with E-state index in [0.29, 0.717) is 31.2 Å². The summed E-state index contributed by atoms with van der Waals surface area (Å²) in [5.41, 5.74) is 2.51. The number of aromatic amines is 1. The summed E-state index contributed by atoms with van der Waals surface area (Å²) in [6.07, 6.45) is 9.36. The van der Waals surface area contributed by atoms with Crippen molar-refractivity contribution < 1.29 is 4.79 Å². The lowest BCUT2D eigenvalue weighted by molar-refractivity contribution is -0.130. The van der Waals surface area contributed by atoms with Gasteiger partial charge in [0.1, 0.15) is 11.5 Å². The molecule has 0 aromatic carbocycles. The Hall–Kier alpha value is -3.13. The van der Waals surface area contributed by atoms with Crippen molar-refractivity contribution in [3.8, 4) is 11.1 Å². The fourth-order valence-electron chi connectivity index (χ4n) is 3.84. The first-order chi connectivity index (χ1) is 15.1. The molecule has 3 N–H and O–H groups in total. The molecule has 8 nitrogen and oxygen atoms in total. The van der Waals surface area contributed by atoms with Gasteiger partial charge in [-0.1, -0.05) is 6.08 Å². The van der Waals surface area contributed by atoms with E-state index in [1.807, 2.05) is 43.3 Å². The van der Waals surface area contributed by atoms with Crippen LogP contribution in [0.15, 0.2) is 47.5 Å². The molecule has 8 heteroatoms. The predicted octanol–water partition coefficient (Wildman–Crippen LogP) is 1.68. The molecule has 0 spiro atoms. The number of likely N-dealkylation sites (tertiary alicyclic amines) is 1. The van der Waals surface area contributed by atoms with Gasteiger partial charge < -0.3 is 25.4 Å². The van der Waals surface area contributed by atoms with E-state index in [2.05, 4.69) is 25.5 Å². The van der Waals surface area contributed by atoms with Crippen LogP contribution in [0.25, 0.3) is 11.1 Å². The van der Waals surface area contributed by atoms with Crippen LogP contribution in [0.4, 0.5) is 11.5 Å². The number of nitrogens with one attached hydrogen (secondary N) is 3. The lowest BCUT2D eigenvalue weighted by atomic mass is 10.0. The molecule has 0 radical (unpaired) electrons. The third-order valence-corrected chi connectivity index (χ3v) is 5.89. The van der Waals surface area contributed by atoms with Crippen LogP contribution in [0.5, 0.6) is 0 Å². The molecule has 2 aromatic heterocycles. The second-order valence-corrected chi connectivity index (χ2v) is 8.24. The van der Waals surface area contributed by atoms with Crippen LogP contribution in [-0.4, -0.2) is 67.1 Å². The average Bonchev–Trinajstić information content (AvgIpc) is 3.57. The number of hydrogen-bond acceptors (Lipinski definition) is 6. The number of amides is 1. The Labute approximate surface area is 182 Å². The zero-order valence-electron chi connectivity index (χ0n) is 18.1. The van der Waals surface area contributed by atoms with Gasteiger partial charge in [-0.2, -0.15) is 0 Å². The van der Waals surface area contributed by atoms with E-state index in [0.717, 1.165) is 23.5 Å². The van der Waals surface area contributed by atoms with E-state index in [-0.39, 0.29) is 17.5 Å². The van der Waals surface area contributed by atoms with Crippen LogP contribution in [-0.2, 0) is 4.79 Å². The van der Waals surface area contributed by atoms with Crippen LogP contribution >= 0.6 is 0 Å². The fraction of sp³-hybridized carbons (Fsp3) is 0.435. The SMILES string of the molecule is CNC/C=C/C(=O)N1CC(N(CC2CC2)c2cc(-c3ccnc(NC)c3)c[nH]c2=O)C1. The molecule has 31 heavy (non-hydrogen) atoms. The van der Waals surface area contributed by atoms with Crippen molar-refractivity contribution in [2.75, 3.05) is 50.5 Å². The number of likely N-dealkylation sites (N-methyl/N-ethyl adjacent to an activating group) is 1. The van der Waals surface area contributed by atoms with Gasteiger partial charge >= 0.3 is 0 Å². The molecular formula is C23H30N6O2. The Bertz CT molecular complexity index is 1010. The molecule has 164 valence electrons. The van der Waals surface area contributed by atoms with Crippen LogP contribution in [0.3, 0.4) is 0 Å². The second kappa shape index (κ2) is 9.34. The number of anilines is 2. The van der Waals surface area contributed by atoms with Crippen molar-refractivity contribution in [2.45, 2.75) is 18.9 Å². The molecule has 1 saturated heterocycles. The van der Waals surface area contributed by atoms with E-state index in [4.69, 9.17) is 0 Å². The highest BCUT2D eigenvalue weighted by Gasteiger charge is 2.37. The monoisotopic (exact) mass is 422 g/mol. The van der Waals surface area contributed by atoms with Crippen molar-refractivity contribution in [3.63, 3.8) is 0 Å². The first-order valence-corrected chi connectivity index (χ1v) is 10.8. The van der Waals surface area contributed by atoms with Gasteiger partial charge in [0.2, 0.25) is 5.91 Å². The molecule has 0 bridgehead atoms. The minimum Gasteiger partial charge on any atom is -0.373 e. The van der Waals surface area contributed by atoms with E-state index in [9.17, 15) is 9.59 Å². The summed E-state index contributed by atoms with van der Waals surface area (Å²) in [6, 6.07) is 6.02. The molecular weight excluding hydrogens is 392 g/mol.